The van der Waals surface area contributed by atoms with Gasteiger partial charge in [0.05, 0.1) is 19.8 Å². The molecule has 0 saturated carbocycles. The maximum Gasteiger partial charge on any atom is 0.220 e. The number of amides is 1. The summed E-state index contributed by atoms with van der Waals surface area (Å²) >= 11 is 7.59. The van der Waals surface area contributed by atoms with Gasteiger partial charge >= 0.3 is 0 Å². The molecule has 5 nitrogen and oxygen atoms in total. The van der Waals surface area contributed by atoms with E-state index >= 15 is 0 Å². The van der Waals surface area contributed by atoms with Crippen molar-refractivity contribution in [2.45, 2.75) is 25.8 Å². The van der Waals surface area contributed by atoms with Crippen molar-refractivity contribution in [2.75, 3.05) is 13.7 Å². The van der Waals surface area contributed by atoms with E-state index in [0.717, 1.165) is 11.1 Å². The van der Waals surface area contributed by atoms with Crippen LogP contribution in [0.1, 0.15) is 47.3 Å². The number of rotatable bonds is 10. The molecule has 0 spiro atoms. The topological polar surface area (TPSA) is 64.6 Å². The van der Waals surface area contributed by atoms with Crippen LogP contribution in [-0.2, 0) is 4.79 Å². The number of methoxy groups -OCH3 is 1. The third-order valence-electron chi connectivity index (χ3n) is 4.76. The van der Waals surface area contributed by atoms with Gasteiger partial charge in [0.1, 0.15) is 0 Å². The molecule has 31 heavy (non-hydrogen) atoms. The molecule has 1 amide bonds. The Kier molecular flexibility index (Phi) is 8.09. The minimum Gasteiger partial charge on any atom is -0.493 e. The molecule has 7 heteroatoms. The summed E-state index contributed by atoms with van der Waals surface area (Å²) in [6.45, 7) is 1.86. The summed E-state index contributed by atoms with van der Waals surface area (Å²) in [5.41, 5.74) is 2.57. The molecule has 1 unspecified atom stereocenters. The largest absolute Gasteiger partial charge is 0.493 e. The van der Waals surface area contributed by atoms with Crippen molar-refractivity contribution in [3.63, 3.8) is 0 Å². The van der Waals surface area contributed by atoms with Gasteiger partial charge in [-0.15, -0.1) is 0 Å². The first-order valence-electron chi connectivity index (χ1n) is 9.86. The minimum absolute atomic E-state index is 0.0395. The van der Waals surface area contributed by atoms with Crippen LogP contribution in [0.25, 0.3) is 0 Å². The highest BCUT2D eigenvalue weighted by molar-refractivity contribution is 7.08. The zero-order valence-corrected chi connectivity index (χ0v) is 19.0. The van der Waals surface area contributed by atoms with Gasteiger partial charge in [0, 0.05) is 17.0 Å². The molecule has 3 rings (SSSR count). The smallest absolute Gasteiger partial charge is 0.220 e. The molecule has 1 N–H and O–H groups in total. The first kappa shape index (κ1) is 22.8. The van der Waals surface area contributed by atoms with Crippen LogP contribution in [0, 0.1) is 0 Å². The summed E-state index contributed by atoms with van der Waals surface area (Å²) in [4.78, 5) is 24.1. The average molecular weight is 458 g/mol. The Labute approximate surface area is 191 Å². The normalized spacial score (nSPS) is 11.6. The van der Waals surface area contributed by atoms with E-state index in [1.54, 1.807) is 29.5 Å². The summed E-state index contributed by atoms with van der Waals surface area (Å²) in [7, 11) is 1.53. The summed E-state index contributed by atoms with van der Waals surface area (Å²) in [6, 6.07) is 14.3. The standard InChI is InChI=1S/C24H24ClNO4S/c1-16(27)18-7-10-21(22(14-18)29-2)30-12-3-4-23(28)26-24(19-11-13-31-15-19)17-5-8-20(25)9-6-17/h5-11,13-15,24H,3-4,12H2,1-2H3,(H,26,28). The third kappa shape index (κ3) is 6.32. The van der Waals surface area contributed by atoms with E-state index in [1.165, 1.54) is 14.0 Å². The Morgan fingerprint density at radius 2 is 1.84 bits per heavy atom. The minimum atomic E-state index is -0.226. The molecule has 1 atom stereocenters. The molecule has 0 radical (unpaired) electrons. The van der Waals surface area contributed by atoms with Crippen molar-refractivity contribution in [3.8, 4) is 11.5 Å². The molecule has 1 aromatic heterocycles. The molecule has 2 aromatic carbocycles. The number of thiophene rings is 1. The highest BCUT2D eigenvalue weighted by Crippen LogP contribution is 2.29. The van der Waals surface area contributed by atoms with Crippen LogP contribution in [0.3, 0.4) is 0 Å². The summed E-state index contributed by atoms with van der Waals surface area (Å²) < 4.78 is 11.1. The number of hydrogen-bond donors (Lipinski definition) is 1. The van der Waals surface area contributed by atoms with Crippen LogP contribution in [0.4, 0.5) is 0 Å². The van der Waals surface area contributed by atoms with E-state index in [1.807, 2.05) is 41.1 Å². The molecule has 0 aliphatic carbocycles. The van der Waals surface area contributed by atoms with Crippen molar-refractivity contribution in [2.24, 2.45) is 0 Å². The lowest BCUT2D eigenvalue weighted by Crippen LogP contribution is -2.29. The molecule has 0 fully saturated rings. The third-order valence-corrected chi connectivity index (χ3v) is 5.71. The van der Waals surface area contributed by atoms with Crippen LogP contribution in [0.15, 0.2) is 59.3 Å². The second kappa shape index (κ2) is 11.0. The van der Waals surface area contributed by atoms with E-state index in [9.17, 15) is 9.59 Å². The first-order chi connectivity index (χ1) is 15.0. The van der Waals surface area contributed by atoms with Crippen molar-refractivity contribution >= 4 is 34.6 Å². The number of benzene rings is 2. The lowest BCUT2D eigenvalue weighted by molar-refractivity contribution is -0.121. The van der Waals surface area contributed by atoms with E-state index in [-0.39, 0.29) is 17.7 Å². The molecular weight excluding hydrogens is 434 g/mol. The van der Waals surface area contributed by atoms with Gasteiger partial charge in [0.15, 0.2) is 17.3 Å². The van der Waals surface area contributed by atoms with Crippen LogP contribution in [-0.4, -0.2) is 25.4 Å². The van der Waals surface area contributed by atoms with Crippen molar-refractivity contribution in [1.29, 1.82) is 0 Å². The number of ether oxygens (including phenoxy) is 2. The quantitative estimate of drug-likeness (QED) is 0.314. The lowest BCUT2D eigenvalue weighted by Gasteiger charge is -2.19. The molecular formula is C24H24ClNO4S. The highest BCUT2D eigenvalue weighted by Gasteiger charge is 2.17. The van der Waals surface area contributed by atoms with E-state index in [4.69, 9.17) is 21.1 Å². The fourth-order valence-corrected chi connectivity index (χ4v) is 3.92. The summed E-state index contributed by atoms with van der Waals surface area (Å²) in [5, 5.41) is 7.78. The maximum absolute atomic E-state index is 12.6. The summed E-state index contributed by atoms with van der Waals surface area (Å²) in [5.74, 6) is 0.943. The Bertz CT molecular complexity index is 1020. The fourth-order valence-electron chi connectivity index (χ4n) is 3.11. The SMILES string of the molecule is COc1cc(C(C)=O)ccc1OCCCC(=O)NC(c1ccc(Cl)cc1)c1ccsc1. The van der Waals surface area contributed by atoms with Crippen LogP contribution in [0.5, 0.6) is 11.5 Å². The number of ketones is 1. The molecule has 162 valence electrons. The number of hydrogen-bond acceptors (Lipinski definition) is 5. The van der Waals surface area contributed by atoms with Crippen LogP contribution >= 0.6 is 22.9 Å². The Hall–Kier alpha value is -2.83. The highest BCUT2D eigenvalue weighted by atomic mass is 35.5. The van der Waals surface area contributed by atoms with Crippen LogP contribution in [0.2, 0.25) is 5.02 Å². The Morgan fingerprint density at radius 1 is 1.06 bits per heavy atom. The number of carbonyl (C=O) groups excluding carboxylic acids is 2. The van der Waals surface area contributed by atoms with Gasteiger partial charge in [-0.1, -0.05) is 23.7 Å². The molecule has 0 aliphatic heterocycles. The van der Waals surface area contributed by atoms with Gasteiger partial charge in [0.2, 0.25) is 5.91 Å². The average Bonchev–Trinajstić information content (AvgIpc) is 3.30. The number of halogens is 1. The molecule has 0 bridgehead atoms. The number of carbonyl (C=O) groups is 2. The van der Waals surface area contributed by atoms with Crippen LogP contribution < -0.4 is 14.8 Å². The Balaban J connectivity index is 1.55. The zero-order chi connectivity index (χ0) is 22.2. The molecule has 0 saturated heterocycles. The second-order valence-corrected chi connectivity index (χ2v) is 8.20. The van der Waals surface area contributed by atoms with Gasteiger partial charge < -0.3 is 14.8 Å². The monoisotopic (exact) mass is 457 g/mol. The van der Waals surface area contributed by atoms with Gasteiger partial charge in [-0.3, -0.25) is 9.59 Å². The van der Waals surface area contributed by atoms with Gasteiger partial charge in [-0.05, 0) is 71.6 Å². The lowest BCUT2D eigenvalue weighted by atomic mass is 10.0. The fraction of sp³-hybridized carbons (Fsp3) is 0.250. The molecule has 3 aromatic rings. The van der Waals surface area contributed by atoms with Gasteiger partial charge in [-0.2, -0.15) is 11.3 Å². The van der Waals surface area contributed by atoms with E-state index in [2.05, 4.69) is 5.32 Å². The predicted octanol–water partition coefficient (Wildman–Crippen LogP) is 5.68. The zero-order valence-electron chi connectivity index (χ0n) is 17.4. The molecule has 0 aliphatic rings. The summed E-state index contributed by atoms with van der Waals surface area (Å²) in [6.07, 6.45) is 0.864. The van der Waals surface area contributed by atoms with Crippen molar-refractivity contribution in [1.82, 2.24) is 5.32 Å². The molecule has 1 heterocycles. The van der Waals surface area contributed by atoms with Gasteiger partial charge in [0.25, 0.3) is 0 Å². The van der Waals surface area contributed by atoms with Crippen molar-refractivity contribution < 1.29 is 19.1 Å². The second-order valence-electron chi connectivity index (χ2n) is 6.98. The maximum atomic E-state index is 12.6. The van der Waals surface area contributed by atoms with E-state index < -0.39 is 0 Å². The number of Topliss-reactive ketones (excluding diaryl/α,β-unsaturated/α-hetero) is 1. The van der Waals surface area contributed by atoms with E-state index in [0.29, 0.717) is 41.5 Å². The Morgan fingerprint density at radius 3 is 2.48 bits per heavy atom. The first-order valence-corrected chi connectivity index (χ1v) is 11.2. The number of nitrogens with one attached hydrogen (secondary N) is 1. The predicted molar refractivity (Wildman–Crippen MR) is 123 cm³/mol. The van der Waals surface area contributed by atoms with Gasteiger partial charge in [-0.25, -0.2) is 0 Å². The van der Waals surface area contributed by atoms with Crippen molar-refractivity contribution in [3.05, 3.63) is 81.0 Å².